The number of rotatable bonds is 7. The molecule has 106 valence electrons. The molecule has 0 aliphatic carbocycles. The van der Waals surface area contributed by atoms with Gasteiger partial charge in [-0.2, -0.15) is 0 Å². The summed E-state index contributed by atoms with van der Waals surface area (Å²) in [6.07, 6.45) is 0.882. The van der Waals surface area contributed by atoms with Gasteiger partial charge in [-0.05, 0) is 45.4 Å². The van der Waals surface area contributed by atoms with Gasteiger partial charge in [0.25, 0.3) is 0 Å². The predicted molar refractivity (Wildman–Crippen MR) is 76.6 cm³/mol. The lowest BCUT2D eigenvalue weighted by Crippen LogP contribution is -2.25. The molecule has 4 heteroatoms. The zero-order valence-corrected chi connectivity index (χ0v) is 12.2. The zero-order chi connectivity index (χ0) is 14.3. The van der Waals surface area contributed by atoms with Crippen molar-refractivity contribution in [3.63, 3.8) is 0 Å². The number of ether oxygens (including phenoxy) is 2. The predicted octanol–water partition coefficient (Wildman–Crippen LogP) is 3.09. The molecule has 1 aromatic rings. The Bertz CT molecular complexity index is 416. The third-order valence-electron chi connectivity index (χ3n) is 2.98. The topological polar surface area (TPSA) is 47.6 Å². The van der Waals surface area contributed by atoms with E-state index >= 15 is 0 Å². The van der Waals surface area contributed by atoms with Crippen molar-refractivity contribution >= 4 is 11.7 Å². The Morgan fingerprint density at radius 3 is 2.74 bits per heavy atom. The molecule has 0 amide bonds. The fourth-order valence-electron chi connectivity index (χ4n) is 1.58. The largest absolute Gasteiger partial charge is 0.462 e. The first-order valence-electron chi connectivity index (χ1n) is 6.54. The quantitative estimate of drug-likeness (QED) is 0.770. The van der Waals surface area contributed by atoms with Gasteiger partial charge in [-0.1, -0.05) is 6.07 Å². The molecule has 0 fully saturated rings. The van der Waals surface area contributed by atoms with Crippen molar-refractivity contribution in [1.82, 2.24) is 0 Å². The van der Waals surface area contributed by atoms with Crippen LogP contribution in [0.3, 0.4) is 0 Å². The molecular formula is C15H23NO3. The van der Waals surface area contributed by atoms with Crippen molar-refractivity contribution in [2.75, 3.05) is 25.6 Å². The number of nitrogens with one attached hydrogen (secondary N) is 1. The normalized spacial score (nSPS) is 11.2. The molecule has 0 radical (unpaired) electrons. The number of hydrogen-bond acceptors (Lipinski definition) is 4. The van der Waals surface area contributed by atoms with Crippen molar-refractivity contribution in [2.45, 2.75) is 32.8 Å². The Kier molecular flexibility index (Phi) is 5.83. The lowest BCUT2D eigenvalue weighted by Gasteiger charge is -2.23. The van der Waals surface area contributed by atoms with Gasteiger partial charge in [0.2, 0.25) is 0 Å². The number of esters is 1. The highest BCUT2D eigenvalue weighted by Crippen LogP contribution is 2.15. The molecule has 0 aliphatic heterocycles. The van der Waals surface area contributed by atoms with Crippen molar-refractivity contribution in [2.24, 2.45) is 0 Å². The molecule has 1 rings (SSSR count). The molecule has 0 aromatic heterocycles. The van der Waals surface area contributed by atoms with E-state index in [2.05, 4.69) is 5.32 Å². The van der Waals surface area contributed by atoms with Gasteiger partial charge >= 0.3 is 5.97 Å². The van der Waals surface area contributed by atoms with Crippen LogP contribution in [0.2, 0.25) is 0 Å². The lowest BCUT2D eigenvalue weighted by molar-refractivity contribution is 0.0185. The van der Waals surface area contributed by atoms with E-state index in [-0.39, 0.29) is 11.6 Å². The molecule has 1 N–H and O–H groups in total. The number of carbonyl (C=O) groups is 1. The minimum atomic E-state index is -0.289. The first kappa shape index (κ1) is 15.5. The Hall–Kier alpha value is -1.55. The molecule has 4 nitrogen and oxygen atoms in total. The summed E-state index contributed by atoms with van der Waals surface area (Å²) in [6.45, 7) is 7.06. The summed E-state index contributed by atoms with van der Waals surface area (Å²) in [6, 6.07) is 7.33. The maximum absolute atomic E-state index is 11.6. The second-order valence-corrected chi connectivity index (χ2v) is 4.94. The third kappa shape index (κ3) is 5.30. The van der Waals surface area contributed by atoms with Gasteiger partial charge in [-0.3, -0.25) is 0 Å². The fraction of sp³-hybridized carbons (Fsp3) is 0.533. The zero-order valence-electron chi connectivity index (χ0n) is 12.2. The Balaban J connectivity index is 2.55. The van der Waals surface area contributed by atoms with E-state index in [9.17, 15) is 4.79 Å². The summed E-state index contributed by atoms with van der Waals surface area (Å²) in [5.74, 6) is -0.289. The highest BCUT2D eigenvalue weighted by molar-refractivity contribution is 5.90. The molecule has 0 spiro atoms. The molecule has 0 heterocycles. The Morgan fingerprint density at radius 2 is 2.11 bits per heavy atom. The highest BCUT2D eigenvalue weighted by Gasteiger charge is 2.15. The number of methoxy groups -OCH3 is 1. The SMILES string of the molecule is CCOC(=O)c1cccc(NCCC(C)(C)OC)c1. The van der Waals surface area contributed by atoms with Crippen molar-refractivity contribution in [1.29, 1.82) is 0 Å². The van der Waals surface area contributed by atoms with Crippen molar-refractivity contribution < 1.29 is 14.3 Å². The summed E-state index contributed by atoms with van der Waals surface area (Å²) >= 11 is 0. The van der Waals surface area contributed by atoms with Gasteiger partial charge < -0.3 is 14.8 Å². The molecule has 0 atom stereocenters. The van der Waals surface area contributed by atoms with Crippen LogP contribution >= 0.6 is 0 Å². The van der Waals surface area contributed by atoms with E-state index in [0.29, 0.717) is 12.2 Å². The van der Waals surface area contributed by atoms with E-state index < -0.39 is 0 Å². The molecule has 0 unspecified atom stereocenters. The number of hydrogen-bond donors (Lipinski definition) is 1. The summed E-state index contributed by atoms with van der Waals surface area (Å²) in [7, 11) is 1.71. The van der Waals surface area contributed by atoms with Crippen LogP contribution in [0.4, 0.5) is 5.69 Å². The minimum absolute atomic E-state index is 0.147. The van der Waals surface area contributed by atoms with Crippen LogP contribution in [0.15, 0.2) is 24.3 Å². The summed E-state index contributed by atoms with van der Waals surface area (Å²) < 4.78 is 10.3. The maximum atomic E-state index is 11.6. The van der Waals surface area contributed by atoms with Crippen LogP contribution in [0.5, 0.6) is 0 Å². The van der Waals surface area contributed by atoms with Crippen molar-refractivity contribution in [3.8, 4) is 0 Å². The number of benzene rings is 1. The molecule has 0 saturated heterocycles. The van der Waals surface area contributed by atoms with Crippen molar-refractivity contribution in [3.05, 3.63) is 29.8 Å². The van der Waals surface area contributed by atoms with Gasteiger partial charge in [0, 0.05) is 19.3 Å². The summed E-state index contributed by atoms with van der Waals surface area (Å²) in [4.78, 5) is 11.6. The van der Waals surface area contributed by atoms with Crippen LogP contribution < -0.4 is 5.32 Å². The Morgan fingerprint density at radius 1 is 1.37 bits per heavy atom. The monoisotopic (exact) mass is 265 g/mol. The van der Waals surface area contributed by atoms with Gasteiger partial charge in [-0.15, -0.1) is 0 Å². The van der Waals surface area contributed by atoms with Gasteiger partial charge in [0.15, 0.2) is 0 Å². The first-order chi connectivity index (χ1) is 8.98. The van der Waals surface area contributed by atoms with E-state index in [1.807, 2.05) is 26.0 Å². The molecular weight excluding hydrogens is 242 g/mol. The Labute approximate surface area is 115 Å². The second-order valence-electron chi connectivity index (χ2n) is 4.94. The van der Waals surface area contributed by atoms with Gasteiger partial charge in [0.05, 0.1) is 17.8 Å². The molecule has 0 saturated carbocycles. The summed E-state index contributed by atoms with van der Waals surface area (Å²) in [5, 5.41) is 3.28. The van der Waals surface area contributed by atoms with Crippen LogP contribution in [0.25, 0.3) is 0 Å². The average Bonchev–Trinajstić information content (AvgIpc) is 2.39. The minimum Gasteiger partial charge on any atom is -0.462 e. The standard InChI is InChI=1S/C15H23NO3/c1-5-19-14(17)12-7-6-8-13(11-12)16-10-9-15(2,3)18-4/h6-8,11,16H,5,9-10H2,1-4H3. The average molecular weight is 265 g/mol. The maximum Gasteiger partial charge on any atom is 0.338 e. The van der Waals surface area contributed by atoms with E-state index in [0.717, 1.165) is 18.7 Å². The molecule has 0 bridgehead atoms. The van der Waals surface area contributed by atoms with E-state index in [1.54, 1.807) is 26.2 Å². The first-order valence-corrected chi connectivity index (χ1v) is 6.54. The lowest BCUT2D eigenvalue weighted by atomic mass is 10.1. The highest BCUT2D eigenvalue weighted by atomic mass is 16.5. The summed E-state index contributed by atoms with van der Waals surface area (Å²) in [5.41, 5.74) is 1.33. The third-order valence-corrected chi connectivity index (χ3v) is 2.98. The van der Waals surface area contributed by atoms with E-state index in [4.69, 9.17) is 9.47 Å². The number of anilines is 1. The van der Waals surface area contributed by atoms with Crippen LogP contribution in [-0.4, -0.2) is 31.8 Å². The van der Waals surface area contributed by atoms with Gasteiger partial charge in [-0.25, -0.2) is 4.79 Å². The van der Waals surface area contributed by atoms with Gasteiger partial charge in [0.1, 0.15) is 0 Å². The van der Waals surface area contributed by atoms with Crippen LogP contribution in [-0.2, 0) is 9.47 Å². The van der Waals surface area contributed by atoms with Crippen LogP contribution in [0.1, 0.15) is 37.6 Å². The second kappa shape index (κ2) is 7.14. The fourth-order valence-corrected chi connectivity index (χ4v) is 1.58. The van der Waals surface area contributed by atoms with Crippen LogP contribution in [0, 0.1) is 0 Å². The molecule has 19 heavy (non-hydrogen) atoms. The molecule has 0 aliphatic rings. The molecule has 1 aromatic carbocycles. The smallest absolute Gasteiger partial charge is 0.338 e. The van der Waals surface area contributed by atoms with E-state index in [1.165, 1.54) is 0 Å². The number of carbonyl (C=O) groups excluding carboxylic acids is 1.